The minimum atomic E-state index is -3.59. The molecule has 1 fully saturated rings. The largest absolute Gasteiger partial charge is 0.335 e. The standard InChI is InChI=1S/C18H16ClN3O3S3/c19-14-1-3-15(4-2-14)28(24,25)22-8-6-21(7-9-22)18(23)16-12-27-17(20-16)13-5-10-26-11-13/h1-5,10-12H,6-9H2. The molecule has 3 heterocycles. The Hall–Kier alpha value is -1.78. The highest BCUT2D eigenvalue weighted by molar-refractivity contribution is 7.89. The topological polar surface area (TPSA) is 70.6 Å². The molecule has 1 aliphatic heterocycles. The van der Waals surface area contributed by atoms with Gasteiger partial charge in [-0.15, -0.1) is 11.3 Å². The molecular formula is C18H16ClN3O3S3. The molecule has 1 amide bonds. The van der Waals surface area contributed by atoms with Gasteiger partial charge in [-0.2, -0.15) is 15.6 Å². The lowest BCUT2D eigenvalue weighted by Crippen LogP contribution is -2.50. The minimum absolute atomic E-state index is 0.165. The summed E-state index contributed by atoms with van der Waals surface area (Å²) in [6.07, 6.45) is 0. The van der Waals surface area contributed by atoms with Crippen LogP contribution in [0.1, 0.15) is 10.5 Å². The Kier molecular flexibility index (Phi) is 5.52. The summed E-state index contributed by atoms with van der Waals surface area (Å²) >= 11 is 8.85. The summed E-state index contributed by atoms with van der Waals surface area (Å²) in [5.74, 6) is -0.165. The number of carbonyl (C=O) groups excluding carboxylic acids is 1. The summed E-state index contributed by atoms with van der Waals surface area (Å²) < 4.78 is 26.9. The van der Waals surface area contributed by atoms with Gasteiger partial charge in [0, 0.05) is 47.5 Å². The summed E-state index contributed by atoms with van der Waals surface area (Å²) in [4.78, 5) is 19.0. The molecule has 0 unspecified atom stereocenters. The van der Waals surface area contributed by atoms with Gasteiger partial charge in [-0.25, -0.2) is 13.4 Å². The van der Waals surface area contributed by atoms with Crippen molar-refractivity contribution in [3.05, 3.63) is 57.2 Å². The Morgan fingerprint density at radius 2 is 1.75 bits per heavy atom. The molecule has 0 N–H and O–H groups in total. The summed E-state index contributed by atoms with van der Waals surface area (Å²) in [5.41, 5.74) is 1.41. The number of halogens is 1. The average Bonchev–Trinajstić information content (AvgIpc) is 3.39. The highest BCUT2D eigenvalue weighted by atomic mass is 35.5. The molecule has 10 heteroatoms. The molecule has 0 atom stereocenters. The van der Waals surface area contributed by atoms with E-state index in [9.17, 15) is 13.2 Å². The second-order valence-corrected chi connectivity index (χ2v) is 10.2. The molecule has 4 rings (SSSR count). The molecule has 1 aromatic carbocycles. The van der Waals surface area contributed by atoms with Crippen LogP contribution in [0.4, 0.5) is 0 Å². The number of benzene rings is 1. The summed E-state index contributed by atoms with van der Waals surface area (Å²) in [7, 11) is -3.59. The lowest BCUT2D eigenvalue weighted by atomic mass is 10.3. The van der Waals surface area contributed by atoms with Gasteiger partial charge in [0.05, 0.1) is 4.90 Å². The van der Waals surface area contributed by atoms with Crippen LogP contribution in [0.25, 0.3) is 10.6 Å². The van der Waals surface area contributed by atoms with Crippen LogP contribution in [0.3, 0.4) is 0 Å². The number of thiophene rings is 1. The highest BCUT2D eigenvalue weighted by Gasteiger charge is 2.31. The maximum absolute atomic E-state index is 12.7. The second kappa shape index (κ2) is 7.92. The van der Waals surface area contributed by atoms with E-state index >= 15 is 0 Å². The van der Waals surface area contributed by atoms with Crippen molar-refractivity contribution in [2.45, 2.75) is 4.90 Å². The van der Waals surface area contributed by atoms with Gasteiger partial charge < -0.3 is 4.90 Å². The van der Waals surface area contributed by atoms with Gasteiger partial charge in [-0.3, -0.25) is 4.79 Å². The maximum atomic E-state index is 12.7. The van der Waals surface area contributed by atoms with Crippen LogP contribution in [0, 0.1) is 0 Å². The fraction of sp³-hybridized carbons (Fsp3) is 0.222. The van der Waals surface area contributed by atoms with Crippen LogP contribution < -0.4 is 0 Å². The Balaban J connectivity index is 1.42. The van der Waals surface area contributed by atoms with Gasteiger partial charge in [0.1, 0.15) is 10.7 Å². The van der Waals surface area contributed by atoms with E-state index in [2.05, 4.69) is 4.98 Å². The van der Waals surface area contributed by atoms with Gasteiger partial charge in [0.15, 0.2) is 0 Å². The third-order valence-electron chi connectivity index (χ3n) is 4.47. The van der Waals surface area contributed by atoms with Crippen molar-refractivity contribution in [1.29, 1.82) is 0 Å². The summed E-state index contributed by atoms with van der Waals surface area (Å²) in [6, 6.07) is 8.08. The third-order valence-corrected chi connectivity index (χ3v) is 8.21. The lowest BCUT2D eigenvalue weighted by Gasteiger charge is -2.33. The van der Waals surface area contributed by atoms with E-state index < -0.39 is 10.0 Å². The fourth-order valence-corrected chi connectivity index (χ4v) is 5.99. The number of sulfonamides is 1. The molecule has 0 aliphatic carbocycles. The molecule has 2 aromatic heterocycles. The van der Waals surface area contributed by atoms with Gasteiger partial charge in [-0.05, 0) is 35.7 Å². The molecule has 146 valence electrons. The van der Waals surface area contributed by atoms with Gasteiger partial charge in [0.2, 0.25) is 10.0 Å². The number of aromatic nitrogens is 1. The first-order chi connectivity index (χ1) is 13.4. The average molecular weight is 454 g/mol. The maximum Gasteiger partial charge on any atom is 0.273 e. The van der Waals surface area contributed by atoms with Crippen LogP contribution >= 0.6 is 34.3 Å². The summed E-state index contributed by atoms with van der Waals surface area (Å²) in [5, 5.41) is 7.02. The predicted octanol–water partition coefficient (Wildman–Crippen LogP) is 3.67. The van der Waals surface area contributed by atoms with Gasteiger partial charge >= 0.3 is 0 Å². The smallest absolute Gasteiger partial charge is 0.273 e. The molecule has 3 aromatic rings. The minimum Gasteiger partial charge on any atom is -0.335 e. The Bertz CT molecular complexity index is 1070. The number of amides is 1. The highest BCUT2D eigenvalue weighted by Crippen LogP contribution is 2.26. The van der Waals surface area contributed by atoms with Crippen molar-refractivity contribution in [2.75, 3.05) is 26.2 Å². The normalized spacial score (nSPS) is 15.7. The van der Waals surface area contributed by atoms with Crippen molar-refractivity contribution < 1.29 is 13.2 Å². The second-order valence-electron chi connectivity index (χ2n) is 6.20. The first-order valence-corrected chi connectivity index (χ1v) is 12.1. The molecule has 0 radical (unpaired) electrons. The van der Waals surface area contributed by atoms with Crippen LogP contribution in [-0.2, 0) is 10.0 Å². The third kappa shape index (κ3) is 3.85. The number of carbonyl (C=O) groups is 1. The molecule has 0 spiro atoms. The van der Waals surface area contributed by atoms with Crippen LogP contribution in [-0.4, -0.2) is 54.7 Å². The summed E-state index contributed by atoms with van der Waals surface area (Å²) in [6.45, 7) is 1.16. The number of hydrogen-bond donors (Lipinski definition) is 0. The van der Waals surface area contributed by atoms with E-state index in [0.717, 1.165) is 10.6 Å². The molecule has 0 bridgehead atoms. The SMILES string of the molecule is O=C(c1csc(-c2ccsc2)n1)N1CCN(S(=O)(=O)c2ccc(Cl)cc2)CC1. The van der Waals surface area contributed by atoms with E-state index in [1.165, 1.54) is 27.8 Å². The predicted molar refractivity (Wildman–Crippen MR) is 112 cm³/mol. The number of rotatable bonds is 4. The quantitative estimate of drug-likeness (QED) is 0.604. The van der Waals surface area contributed by atoms with Crippen LogP contribution in [0.15, 0.2) is 51.4 Å². The number of hydrogen-bond acceptors (Lipinski definition) is 6. The first kappa shape index (κ1) is 19.5. The van der Waals surface area contributed by atoms with Crippen molar-refractivity contribution >= 4 is 50.2 Å². The van der Waals surface area contributed by atoms with E-state index in [-0.39, 0.29) is 23.9 Å². The van der Waals surface area contributed by atoms with Crippen molar-refractivity contribution in [3.63, 3.8) is 0 Å². The Morgan fingerprint density at radius 1 is 1.04 bits per heavy atom. The van der Waals surface area contributed by atoms with E-state index in [1.54, 1.807) is 33.7 Å². The van der Waals surface area contributed by atoms with Crippen molar-refractivity contribution in [3.8, 4) is 10.6 Å². The zero-order chi connectivity index (χ0) is 19.7. The molecule has 1 aliphatic rings. The van der Waals surface area contributed by atoms with E-state index in [0.29, 0.717) is 23.8 Å². The van der Waals surface area contributed by atoms with Crippen molar-refractivity contribution in [1.82, 2.24) is 14.2 Å². The zero-order valence-corrected chi connectivity index (χ0v) is 17.8. The zero-order valence-electron chi connectivity index (χ0n) is 14.6. The number of piperazine rings is 1. The Labute approximate surface area is 176 Å². The monoisotopic (exact) mass is 453 g/mol. The van der Waals surface area contributed by atoms with Crippen molar-refractivity contribution in [2.24, 2.45) is 0 Å². The van der Waals surface area contributed by atoms with E-state index in [4.69, 9.17) is 11.6 Å². The Morgan fingerprint density at radius 3 is 2.39 bits per heavy atom. The molecule has 1 saturated heterocycles. The molecular weight excluding hydrogens is 438 g/mol. The van der Waals surface area contributed by atoms with E-state index in [1.807, 2.05) is 16.8 Å². The van der Waals surface area contributed by atoms with Gasteiger partial charge in [-0.1, -0.05) is 11.6 Å². The number of nitrogens with zero attached hydrogens (tertiary/aromatic N) is 3. The lowest BCUT2D eigenvalue weighted by molar-refractivity contribution is 0.0693. The number of thiazole rings is 1. The molecule has 6 nitrogen and oxygen atoms in total. The van der Waals surface area contributed by atoms with Crippen LogP contribution in [0.5, 0.6) is 0 Å². The fourth-order valence-electron chi connectivity index (χ4n) is 2.94. The first-order valence-electron chi connectivity index (χ1n) is 8.48. The molecule has 0 saturated carbocycles. The van der Waals surface area contributed by atoms with Gasteiger partial charge in [0.25, 0.3) is 5.91 Å². The van der Waals surface area contributed by atoms with Crippen LogP contribution in [0.2, 0.25) is 5.02 Å². The molecule has 28 heavy (non-hydrogen) atoms.